The standard InChI is InChI=1S/C8H4F3N3O2S/c9-8(10,11)6-3-1-2-4-7(6)17-13(5-12)14(15)16/h1-4H. The molecular formula is C8H4F3N3O2S. The highest BCUT2D eigenvalue weighted by Gasteiger charge is 2.34. The second kappa shape index (κ2) is 4.92. The molecule has 17 heavy (non-hydrogen) atoms. The summed E-state index contributed by atoms with van der Waals surface area (Å²) in [6, 6.07) is 4.31. The third kappa shape index (κ3) is 3.25. The van der Waals surface area contributed by atoms with Gasteiger partial charge in [0.05, 0.1) is 17.5 Å². The van der Waals surface area contributed by atoms with Crippen LogP contribution in [0.4, 0.5) is 13.2 Å². The SMILES string of the molecule is N#CN(Sc1ccccc1C(F)(F)F)[N+](=O)[O-]. The van der Waals surface area contributed by atoms with Gasteiger partial charge in [-0.05, 0) is 12.1 Å². The molecule has 1 rings (SSSR count). The van der Waals surface area contributed by atoms with E-state index in [0.717, 1.165) is 24.4 Å². The van der Waals surface area contributed by atoms with E-state index in [-0.39, 0.29) is 16.4 Å². The summed E-state index contributed by atoms with van der Waals surface area (Å²) < 4.78 is 37.5. The van der Waals surface area contributed by atoms with E-state index in [2.05, 4.69) is 0 Å². The predicted octanol–water partition coefficient (Wildman–Crippen LogP) is 2.69. The molecule has 0 heterocycles. The molecule has 0 amide bonds. The first kappa shape index (κ1) is 13.1. The number of rotatable bonds is 3. The van der Waals surface area contributed by atoms with Crippen LogP contribution in [0.2, 0.25) is 0 Å². The average Bonchev–Trinajstić information content (AvgIpc) is 2.24. The van der Waals surface area contributed by atoms with E-state index >= 15 is 0 Å². The monoisotopic (exact) mass is 263 g/mol. The summed E-state index contributed by atoms with van der Waals surface area (Å²) in [4.78, 5) is 9.90. The van der Waals surface area contributed by atoms with Gasteiger partial charge in [0.25, 0.3) is 6.19 Å². The Balaban J connectivity index is 3.08. The molecular weight excluding hydrogens is 259 g/mol. The van der Waals surface area contributed by atoms with Crippen molar-refractivity contribution in [1.82, 2.24) is 4.41 Å². The lowest BCUT2D eigenvalue weighted by molar-refractivity contribution is -0.598. The van der Waals surface area contributed by atoms with Crippen LogP contribution in [0.1, 0.15) is 5.56 Å². The van der Waals surface area contributed by atoms with Crippen LogP contribution in [0.3, 0.4) is 0 Å². The molecule has 0 aliphatic heterocycles. The summed E-state index contributed by atoms with van der Waals surface area (Å²) in [5.41, 5.74) is -1.02. The molecule has 90 valence electrons. The number of benzene rings is 1. The van der Waals surface area contributed by atoms with Gasteiger partial charge in [-0.1, -0.05) is 12.1 Å². The maximum atomic E-state index is 12.5. The normalized spacial score (nSPS) is 10.7. The molecule has 1 aromatic carbocycles. The molecule has 0 spiro atoms. The minimum absolute atomic E-state index is 0.0510. The van der Waals surface area contributed by atoms with E-state index in [9.17, 15) is 23.3 Å². The van der Waals surface area contributed by atoms with E-state index < -0.39 is 21.7 Å². The molecule has 0 N–H and O–H groups in total. The van der Waals surface area contributed by atoms with Crippen molar-refractivity contribution >= 4 is 11.9 Å². The topological polar surface area (TPSA) is 70.2 Å². The number of nitrogens with zero attached hydrogens (tertiary/aromatic N) is 3. The van der Waals surface area contributed by atoms with Gasteiger partial charge < -0.3 is 0 Å². The van der Waals surface area contributed by atoms with Gasteiger partial charge in [0, 0.05) is 9.31 Å². The van der Waals surface area contributed by atoms with Crippen LogP contribution >= 0.6 is 11.9 Å². The van der Waals surface area contributed by atoms with Gasteiger partial charge in [-0.3, -0.25) is 0 Å². The van der Waals surface area contributed by atoms with Crippen molar-refractivity contribution in [3.05, 3.63) is 39.9 Å². The van der Waals surface area contributed by atoms with Gasteiger partial charge in [-0.2, -0.15) is 18.4 Å². The van der Waals surface area contributed by atoms with E-state index in [1.165, 1.54) is 6.07 Å². The maximum absolute atomic E-state index is 12.5. The van der Waals surface area contributed by atoms with Gasteiger partial charge in [-0.15, -0.1) is 0 Å². The van der Waals surface area contributed by atoms with Crippen LogP contribution < -0.4 is 0 Å². The predicted molar refractivity (Wildman–Crippen MR) is 51.7 cm³/mol. The third-order valence-electron chi connectivity index (χ3n) is 1.61. The number of nitro groups is 1. The molecule has 0 saturated carbocycles. The van der Waals surface area contributed by atoms with Gasteiger partial charge in [-0.25, -0.2) is 10.1 Å². The molecule has 0 radical (unpaired) electrons. The first-order valence-corrected chi connectivity index (χ1v) is 4.82. The van der Waals surface area contributed by atoms with Crippen LogP contribution in [-0.4, -0.2) is 9.45 Å². The lowest BCUT2D eigenvalue weighted by Crippen LogP contribution is -2.17. The molecule has 5 nitrogen and oxygen atoms in total. The van der Waals surface area contributed by atoms with E-state index in [4.69, 9.17) is 5.26 Å². The minimum Gasteiger partial charge on any atom is -0.233 e. The number of hydrogen-bond acceptors (Lipinski definition) is 4. The van der Waals surface area contributed by atoms with Crippen molar-refractivity contribution in [2.24, 2.45) is 0 Å². The van der Waals surface area contributed by atoms with Crippen LogP contribution in [0.5, 0.6) is 0 Å². The molecule has 0 atom stereocenters. The Morgan fingerprint density at radius 3 is 2.47 bits per heavy atom. The highest BCUT2D eigenvalue weighted by Crippen LogP contribution is 2.37. The summed E-state index contributed by atoms with van der Waals surface area (Å²) >= 11 is 0.103. The average molecular weight is 263 g/mol. The zero-order chi connectivity index (χ0) is 13.1. The fourth-order valence-corrected chi connectivity index (χ4v) is 1.68. The number of alkyl halides is 3. The van der Waals surface area contributed by atoms with E-state index in [1.54, 1.807) is 0 Å². The third-order valence-corrected chi connectivity index (χ3v) is 2.55. The lowest BCUT2D eigenvalue weighted by atomic mass is 10.2. The highest BCUT2D eigenvalue weighted by atomic mass is 32.2. The van der Waals surface area contributed by atoms with Crippen molar-refractivity contribution in [1.29, 1.82) is 5.26 Å². The first-order chi connectivity index (χ1) is 7.86. The summed E-state index contributed by atoms with van der Waals surface area (Å²) in [6.07, 6.45) is -3.47. The molecule has 0 saturated heterocycles. The van der Waals surface area contributed by atoms with Crippen molar-refractivity contribution in [3.8, 4) is 6.19 Å². The van der Waals surface area contributed by atoms with E-state index in [0.29, 0.717) is 0 Å². The minimum atomic E-state index is -4.62. The molecule has 9 heteroatoms. The van der Waals surface area contributed by atoms with Gasteiger partial charge in [0.2, 0.25) is 0 Å². The number of nitriles is 1. The second-order valence-corrected chi connectivity index (χ2v) is 3.66. The molecule has 0 aliphatic rings. The largest absolute Gasteiger partial charge is 0.417 e. The summed E-state index contributed by atoms with van der Waals surface area (Å²) in [5, 5.41) is 17.6. The molecule has 1 aromatic rings. The van der Waals surface area contributed by atoms with Crippen LogP contribution in [0.25, 0.3) is 0 Å². The van der Waals surface area contributed by atoms with Crippen molar-refractivity contribution in [2.45, 2.75) is 11.1 Å². The van der Waals surface area contributed by atoms with Crippen LogP contribution in [-0.2, 0) is 6.18 Å². The Kier molecular flexibility index (Phi) is 3.80. The Bertz CT molecular complexity index is 472. The highest BCUT2D eigenvalue weighted by molar-refractivity contribution is 7.97. The van der Waals surface area contributed by atoms with Crippen LogP contribution in [0.15, 0.2) is 29.2 Å². The second-order valence-electron chi connectivity index (χ2n) is 2.70. The number of halogens is 3. The lowest BCUT2D eigenvalue weighted by Gasteiger charge is -2.11. The Morgan fingerprint density at radius 2 is 2.00 bits per heavy atom. The quantitative estimate of drug-likeness (QED) is 0.275. The smallest absolute Gasteiger partial charge is 0.233 e. The van der Waals surface area contributed by atoms with Crippen LogP contribution in [0, 0.1) is 21.6 Å². The zero-order valence-electron chi connectivity index (χ0n) is 8.01. The fraction of sp³-hybridized carbons (Fsp3) is 0.125. The van der Waals surface area contributed by atoms with E-state index in [1.807, 2.05) is 0 Å². The van der Waals surface area contributed by atoms with Crippen molar-refractivity contribution < 1.29 is 18.2 Å². The molecule has 0 aromatic heterocycles. The number of hydrazine groups is 1. The summed E-state index contributed by atoms with van der Waals surface area (Å²) in [7, 11) is 0. The Morgan fingerprint density at radius 1 is 1.41 bits per heavy atom. The zero-order valence-corrected chi connectivity index (χ0v) is 8.83. The molecule has 0 bridgehead atoms. The first-order valence-electron chi connectivity index (χ1n) is 4.04. The molecule has 0 aliphatic carbocycles. The van der Waals surface area contributed by atoms with Gasteiger partial charge >= 0.3 is 6.18 Å². The molecule has 0 fully saturated rings. The summed E-state index contributed by atoms with van der Waals surface area (Å²) in [5.74, 6) is 0. The van der Waals surface area contributed by atoms with Crippen molar-refractivity contribution in [3.63, 3.8) is 0 Å². The van der Waals surface area contributed by atoms with Gasteiger partial charge in [0.15, 0.2) is 5.03 Å². The maximum Gasteiger partial charge on any atom is 0.417 e. The Hall–Kier alpha value is -1.95. The number of hydrogen-bond donors (Lipinski definition) is 0. The fourth-order valence-electron chi connectivity index (χ4n) is 0.964. The molecule has 0 unspecified atom stereocenters. The summed E-state index contributed by atoms with van der Waals surface area (Å²) in [6.45, 7) is 0. The Labute approximate surface area is 97.7 Å². The van der Waals surface area contributed by atoms with Crippen molar-refractivity contribution in [2.75, 3.05) is 0 Å². The van der Waals surface area contributed by atoms with Gasteiger partial charge in [0.1, 0.15) is 0 Å².